The standard InChI is InChI=1S/C20H17Cl2NO4/c1-25-20(24)19-17(23-5-7-26-8-6-23)16-4-2-3-15(18(16)27-19)12-9-13(21)11-14(22)10-12/h2-4,9-11H,5-8H2,1H3. The molecule has 0 spiro atoms. The SMILES string of the molecule is COC(=O)c1oc2c(-c3cc(Cl)cc(Cl)c3)cccc2c1N1CCOCC1. The van der Waals surface area contributed by atoms with Crippen LogP contribution in [0.4, 0.5) is 5.69 Å². The molecule has 5 nitrogen and oxygen atoms in total. The summed E-state index contributed by atoms with van der Waals surface area (Å²) in [4.78, 5) is 14.5. The van der Waals surface area contributed by atoms with Crippen LogP contribution in [0.1, 0.15) is 10.6 Å². The maximum Gasteiger partial charge on any atom is 0.376 e. The van der Waals surface area contributed by atoms with Gasteiger partial charge in [-0.3, -0.25) is 0 Å². The molecule has 1 aromatic heterocycles. The second-order valence-corrected chi connectivity index (χ2v) is 7.08. The Bertz CT molecular complexity index is 988. The molecule has 0 bridgehead atoms. The smallest absolute Gasteiger partial charge is 0.376 e. The Hall–Kier alpha value is -2.21. The third-order valence-electron chi connectivity index (χ3n) is 4.56. The van der Waals surface area contributed by atoms with Crippen molar-refractivity contribution in [3.8, 4) is 11.1 Å². The van der Waals surface area contributed by atoms with E-state index in [1.165, 1.54) is 7.11 Å². The zero-order valence-electron chi connectivity index (χ0n) is 14.6. The Balaban J connectivity index is 1.95. The summed E-state index contributed by atoms with van der Waals surface area (Å²) in [5, 5.41) is 1.90. The van der Waals surface area contributed by atoms with Gasteiger partial charge in [-0.25, -0.2) is 4.79 Å². The Morgan fingerprint density at radius 1 is 1.11 bits per heavy atom. The van der Waals surface area contributed by atoms with Crippen molar-refractivity contribution in [2.45, 2.75) is 0 Å². The molecule has 1 aliphatic heterocycles. The lowest BCUT2D eigenvalue weighted by molar-refractivity contribution is 0.0567. The monoisotopic (exact) mass is 405 g/mol. The molecule has 0 unspecified atom stereocenters. The van der Waals surface area contributed by atoms with E-state index in [-0.39, 0.29) is 5.76 Å². The maximum absolute atomic E-state index is 12.4. The second-order valence-electron chi connectivity index (χ2n) is 6.21. The van der Waals surface area contributed by atoms with Crippen molar-refractivity contribution < 1.29 is 18.7 Å². The first-order valence-corrected chi connectivity index (χ1v) is 9.27. The molecule has 0 N–H and O–H groups in total. The van der Waals surface area contributed by atoms with Crippen molar-refractivity contribution >= 4 is 45.8 Å². The van der Waals surface area contributed by atoms with Gasteiger partial charge in [0.15, 0.2) is 0 Å². The lowest BCUT2D eigenvalue weighted by Crippen LogP contribution is -2.36. The van der Waals surface area contributed by atoms with Gasteiger partial charge in [-0.2, -0.15) is 0 Å². The first-order valence-electron chi connectivity index (χ1n) is 8.51. The van der Waals surface area contributed by atoms with Crippen LogP contribution in [0.15, 0.2) is 40.8 Å². The zero-order chi connectivity index (χ0) is 19.0. The molecule has 0 aliphatic carbocycles. The Kier molecular flexibility index (Phi) is 5.00. The first-order chi connectivity index (χ1) is 13.1. The summed E-state index contributed by atoms with van der Waals surface area (Å²) < 4.78 is 16.4. The van der Waals surface area contributed by atoms with Crippen LogP contribution in [-0.2, 0) is 9.47 Å². The number of furan rings is 1. The van der Waals surface area contributed by atoms with Gasteiger partial charge in [0.1, 0.15) is 5.58 Å². The molecule has 1 fully saturated rings. The van der Waals surface area contributed by atoms with E-state index in [0.717, 1.165) is 22.2 Å². The summed E-state index contributed by atoms with van der Waals surface area (Å²) in [6.07, 6.45) is 0. The van der Waals surface area contributed by atoms with E-state index in [2.05, 4.69) is 4.90 Å². The highest BCUT2D eigenvalue weighted by Crippen LogP contribution is 2.40. The molecule has 0 radical (unpaired) electrons. The number of halogens is 2. The minimum atomic E-state index is -0.511. The van der Waals surface area contributed by atoms with Crippen LogP contribution in [0, 0.1) is 0 Å². The van der Waals surface area contributed by atoms with Gasteiger partial charge in [0.05, 0.1) is 26.0 Å². The van der Waals surface area contributed by atoms with Crippen molar-refractivity contribution in [3.05, 3.63) is 52.2 Å². The summed E-state index contributed by atoms with van der Waals surface area (Å²) in [5.41, 5.74) is 2.95. The number of ether oxygens (including phenoxy) is 2. The summed E-state index contributed by atoms with van der Waals surface area (Å²) in [5.74, 6) is -0.322. The van der Waals surface area contributed by atoms with Crippen molar-refractivity contribution in [1.82, 2.24) is 0 Å². The Morgan fingerprint density at radius 3 is 2.48 bits per heavy atom. The van der Waals surface area contributed by atoms with E-state index >= 15 is 0 Å². The molecule has 140 valence electrons. The van der Waals surface area contributed by atoms with Crippen LogP contribution in [0.3, 0.4) is 0 Å². The first kappa shape index (κ1) is 18.2. The lowest BCUT2D eigenvalue weighted by atomic mass is 10.0. The molecule has 2 aromatic carbocycles. The summed E-state index contributed by atoms with van der Waals surface area (Å²) in [6.45, 7) is 2.53. The summed E-state index contributed by atoms with van der Waals surface area (Å²) in [7, 11) is 1.34. The number of hydrogen-bond acceptors (Lipinski definition) is 5. The van der Waals surface area contributed by atoms with E-state index in [1.807, 2.05) is 30.3 Å². The minimum absolute atomic E-state index is 0.190. The van der Waals surface area contributed by atoms with Gasteiger partial charge in [0.2, 0.25) is 5.76 Å². The van der Waals surface area contributed by atoms with Gasteiger partial charge in [-0.05, 0) is 29.8 Å². The number of para-hydroxylation sites is 1. The molecule has 4 rings (SSSR count). The molecule has 0 atom stereocenters. The van der Waals surface area contributed by atoms with Gasteiger partial charge in [-0.1, -0.05) is 35.3 Å². The number of nitrogens with zero attached hydrogens (tertiary/aromatic N) is 1. The fraction of sp³-hybridized carbons (Fsp3) is 0.250. The molecule has 1 saturated heterocycles. The predicted octanol–water partition coefficient (Wildman–Crippen LogP) is 5.03. The largest absolute Gasteiger partial charge is 0.463 e. The topological polar surface area (TPSA) is 51.9 Å². The minimum Gasteiger partial charge on any atom is -0.463 e. The molecule has 0 saturated carbocycles. The molecular weight excluding hydrogens is 389 g/mol. The van der Waals surface area contributed by atoms with E-state index in [4.69, 9.17) is 37.1 Å². The van der Waals surface area contributed by atoms with Gasteiger partial charge < -0.3 is 18.8 Å². The van der Waals surface area contributed by atoms with Gasteiger partial charge in [0, 0.05) is 34.1 Å². The maximum atomic E-state index is 12.4. The second kappa shape index (κ2) is 7.43. The van der Waals surface area contributed by atoms with Gasteiger partial charge in [-0.15, -0.1) is 0 Å². The number of rotatable bonds is 3. The van der Waals surface area contributed by atoms with E-state index in [1.54, 1.807) is 6.07 Å². The number of methoxy groups -OCH3 is 1. The highest BCUT2D eigenvalue weighted by molar-refractivity contribution is 6.35. The van der Waals surface area contributed by atoms with Crippen molar-refractivity contribution in [1.29, 1.82) is 0 Å². The molecule has 1 aliphatic rings. The summed E-state index contributed by atoms with van der Waals surface area (Å²) >= 11 is 12.3. The van der Waals surface area contributed by atoms with Crippen LogP contribution >= 0.6 is 23.2 Å². The van der Waals surface area contributed by atoms with Crippen molar-refractivity contribution in [2.24, 2.45) is 0 Å². The molecule has 27 heavy (non-hydrogen) atoms. The van der Waals surface area contributed by atoms with Gasteiger partial charge >= 0.3 is 5.97 Å². The Morgan fingerprint density at radius 2 is 1.81 bits per heavy atom. The van der Waals surface area contributed by atoms with Crippen LogP contribution in [0.2, 0.25) is 10.0 Å². The van der Waals surface area contributed by atoms with E-state index in [0.29, 0.717) is 41.9 Å². The number of morpholine rings is 1. The summed E-state index contributed by atoms with van der Waals surface area (Å²) in [6, 6.07) is 11.1. The van der Waals surface area contributed by atoms with Crippen LogP contribution in [0.5, 0.6) is 0 Å². The zero-order valence-corrected chi connectivity index (χ0v) is 16.1. The fourth-order valence-corrected chi connectivity index (χ4v) is 3.90. The number of carbonyl (C=O) groups is 1. The number of esters is 1. The normalized spacial score (nSPS) is 14.6. The number of hydrogen-bond donors (Lipinski definition) is 0. The van der Waals surface area contributed by atoms with E-state index in [9.17, 15) is 4.79 Å². The molecule has 2 heterocycles. The fourth-order valence-electron chi connectivity index (χ4n) is 3.37. The number of anilines is 1. The Labute approximate surface area is 166 Å². The number of benzene rings is 2. The highest BCUT2D eigenvalue weighted by atomic mass is 35.5. The number of carbonyl (C=O) groups excluding carboxylic acids is 1. The van der Waals surface area contributed by atoms with Crippen molar-refractivity contribution in [3.63, 3.8) is 0 Å². The molecular formula is C20H17Cl2NO4. The average molecular weight is 406 g/mol. The average Bonchev–Trinajstić information content (AvgIpc) is 3.06. The van der Waals surface area contributed by atoms with Crippen LogP contribution in [-0.4, -0.2) is 39.4 Å². The third-order valence-corrected chi connectivity index (χ3v) is 5.00. The quantitative estimate of drug-likeness (QED) is 0.571. The molecule has 0 amide bonds. The van der Waals surface area contributed by atoms with E-state index < -0.39 is 5.97 Å². The lowest BCUT2D eigenvalue weighted by Gasteiger charge is -2.28. The molecule has 7 heteroatoms. The predicted molar refractivity (Wildman–Crippen MR) is 106 cm³/mol. The molecule has 3 aromatic rings. The van der Waals surface area contributed by atoms with Gasteiger partial charge in [0.25, 0.3) is 0 Å². The van der Waals surface area contributed by atoms with Crippen LogP contribution < -0.4 is 4.90 Å². The van der Waals surface area contributed by atoms with Crippen molar-refractivity contribution in [2.75, 3.05) is 38.3 Å². The van der Waals surface area contributed by atoms with Crippen LogP contribution in [0.25, 0.3) is 22.1 Å². The number of fused-ring (bicyclic) bond motifs is 1. The third kappa shape index (κ3) is 3.38. The highest BCUT2D eigenvalue weighted by Gasteiger charge is 2.28.